The van der Waals surface area contributed by atoms with E-state index >= 15 is 4.39 Å². The lowest BCUT2D eigenvalue weighted by molar-refractivity contribution is -0.134. The second kappa shape index (κ2) is 11.4. The van der Waals surface area contributed by atoms with Crippen molar-refractivity contribution in [2.24, 2.45) is 0 Å². The summed E-state index contributed by atoms with van der Waals surface area (Å²) in [5.74, 6) is -1.78. The molecule has 226 valence electrons. The van der Waals surface area contributed by atoms with Gasteiger partial charge in [0.1, 0.15) is 17.7 Å². The van der Waals surface area contributed by atoms with Crippen molar-refractivity contribution in [1.82, 2.24) is 10.2 Å². The summed E-state index contributed by atoms with van der Waals surface area (Å²) in [6.45, 7) is 2.93. The summed E-state index contributed by atoms with van der Waals surface area (Å²) >= 11 is 0. The second-order valence-electron chi connectivity index (χ2n) is 11.8. The van der Waals surface area contributed by atoms with Gasteiger partial charge in [-0.3, -0.25) is 29.5 Å². The number of piperazine rings is 1. The molecule has 3 aliphatic rings. The van der Waals surface area contributed by atoms with Crippen molar-refractivity contribution < 1.29 is 23.2 Å². The van der Waals surface area contributed by atoms with Gasteiger partial charge in [0.05, 0.1) is 23.0 Å². The molecule has 3 heterocycles. The molecule has 1 N–H and O–H groups in total. The summed E-state index contributed by atoms with van der Waals surface area (Å²) in [5, 5.41) is 13.0. The van der Waals surface area contributed by atoms with E-state index in [1.54, 1.807) is 24.3 Å². The number of anilines is 2. The zero-order valence-corrected chi connectivity index (χ0v) is 24.4. The number of nitrogens with one attached hydrogen (secondary N) is 1. The minimum atomic E-state index is -0.751. The number of carbonyl (C=O) groups is 3. The van der Waals surface area contributed by atoms with E-state index in [4.69, 9.17) is 5.26 Å². The van der Waals surface area contributed by atoms with Gasteiger partial charge in [-0.1, -0.05) is 30.3 Å². The number of piperidine rings is 1. The third-order valence-corrected chi connectivity index (χ3v) is 9.04. The third kappa shape index (κ3) is 5.19. The first-order chi connectivity index (χ1) is 21.8. The Labute approximate surface area is 258 Å². The predicted octanol–water partition coefficient (Wildman–Crippen LogP) is 4.67. The third-order valence-electron chi connectivity index (χ3n) is 9.04. The van der Waals surface area contributed by atoms with E-state index in [0.717, 1.165) is 21.9 Å². The SMILES string of the molecule is N#Cc1ccc(N2CCN(Cc3ccc(Cc4ccc5c6c(cccc46)C(=O)N5C4CCC(=O)NC4=O)cc3F)CC2)c(F)c1. The van der Waals surface area contributed by atoms with Crippen LogP contribution in [-0.2, 0) is 22.6 Å². The summed E-state index contributed by atoms with van der Waals surface area (Å²) in [4.78, 5) is 43.3. The molecule has 0 saturated carbocycles. The Kier molecular flexibility index (Phi) is 7.26. The number of carbonyl (C=O) groups excluding carboxylic acids is 3. The van der Waals surface area contributed by atoms with E-state index in [9.17, 15) is 18.8 Å². The summed E-state index contributed by atoms with van der Waals surface area (Å²) in [5.41, 5.74) is 4.23. The highest BCUT2D eigenvalue weighted by Crippen LogP contribution is 2.41. The number of nitrogens with zero attached hydrogens (tertiary/aromatic N) is 4. The lowest BCUT2D eigenvalue weighted by Crippen LogP contribution is -2.53. The lowest BCUT2D eigenvalue weighted by atomic mass is 9.95. The second-order valence-corrected chi connectivity index (χ2v) is 11.8. The first-order valence-electron chi connectivity index (χ1n) is 15.0. The zero-order chi connectivity index (χ0) is 31.2. The number of nitriles is 1. The van der Waals surface area contributed by atoms with Crippen molar-refractivity contribution in [3.8, 4) is 6.07 Å². The monoisotopic (exact) mass is 605 g/mol. The van der Waals surface area contributed by atoms with Crippen molar-refractivity contribution in [3.05, 3.63) is 106 Å². The van der Waals surface area contributed by atoms with Gasteiger partial charge in [-0.15, -0.1) is 0 Å². The quantitative estimate of drug-likeness (QED) is 0.321. The molecule has 2 saturated heterocycles. The van der Waals surface area contributed by atoms with E-state index in [1.165, 1.54) is 11.0 Å². The molecule has 1 unspecified atom stereocenters. The molecule has 4 aromatic rings. The van der Waals surface area contributed by atoms with Crippen LogP contribution in [0.1, 0.15) is 45.5 Å². The molecule has 3 amide bonds. The van der Waals surface area contributed by atoms with E-state index < -0.39 is 17.8 Å². The van der Waals surface area contributed by atoms with Gasteiger partial charge < -0.3 is 4.90 Å². The van der Waals surface area contributed by atoms with Crippen LogP contribution in [0.3, 0.4) is 0 Å². The fourth-order valence-corrected chi connectivity index (χ4v) is 6.73. The highest BCUT2D eigenvalue weighted by Gasteiger charge is 2.40. The number of hydrogen-bond acceptors (Lipinski definition) is 6. The molecule has 0 aliphatic carbocycles. The van der Waals surface area contributed by atoms with Gasteiger partial charge >= 0.3 is 0 Å². The fourth-order valence-electron chi connectivity index (χ4n) is 6.73. The van der Waals surface area contributed by atoms with E-state index in [1.807, 2.05) is 47.4 Å². The summed E-state index contributed by atoms with van der Waals surface area (Å²) in [7, 11) is 0. The van der Waals surface area contributed by atoms with Gasteiger partial charge in [0.25, 0.3) is 5.91 Å². The summed E-state index contributed by atoms with van der Waals surface area (Å²) in [6.07, 6.45) is 0.900. The average Bonchev–Trinajstić information content (AvgIpc) is 3.32. The molecule has 0 aromatic heterocycles. The van der Waals surface area contributed by atoms with Crippen molar-refractivity contribution in [3.63, 3.8) is 0 Å². The Morgan fingerprint density at radius 3 is 2.38 bits per heavy atom. The number of amides is 3. The Bertz CT molecular complexity index is 1930. The molecule has 45 heavy (non-hydrogen) atoms. The maximum atomic E-state index is 15.4. The van der Waals surface area contributed by atoms with Gasteiger partial charge in [0.15, 0.2) is 0 Å². The smallest absolute Gasteiger partial charge is 0.259 e. The first kappa shape index (κ1) is 28.6. The number of imide groups is 1. The normalized spacial score (nSPS) is 18.4. The summed E-state index contributed by atoms with van der Waals surface area (Å²) in [6, 6.07) is 20.2. The van der Waals surface area contributed by atoms with Gasteiger partial charge in [-0.05, 0) is 65.8 Å². The molecule has 0 bridgehead atoms. The van der Waals surface area contributed by atoms with Gasteiger partial charge in [0, 0.05) is 55.7 Å². The Morgan fingerprint density at radius 2 is 1.64 bits per heavy atom. The van der Waals surface area contributed by atoms with Gasteiger partial charge in [-0.2, -0.15) is 5.26 Å². The number of halogens is 2. The molecule has 3 aliphatic heterocycles. The minimum Gasteiger partial charge on any atom is -0.367 e. The molecule has 8 nitrogen and oxygen atoms in total. The Morgan fingerprint density at radius 1 is 0.867 bits per heavy atom. The van der Waals surface area contributed by atoms with Crippen molar-refractivity contribution in [1.29, 1.82) is 5.26 Å². The molecule has 1 atom stereocenters. The van der Waals surface area contributed by atoms with Crippen LogP contribution < -0.4 is 15.1 Å². The van der Waals surface area contributed by atoms with Crippen molar-refractivity contribution >= 4 is 39.9 Å². The van der Waals surface area contributed by atoms with Crippen LogP contribution in [0.4, 0.5) is 20.2 Å². The van der Waals surface area contributed by atoms with E-state index in [2.05, 4.69) is 10.2 Å². The maximum absolute atomic E-state index is 15.4. The minimum absolute atomic E-state index is 0.175. The van der Waals surface area contributed by atoms with Crippen LogP contribution in [0.2, 0.25) is 0 Å². The maximum Gasteiger partial charge on any atom is 0.259 e. The standard InChI is InChI=1S/C35H29F2N5O3/c36-27-17-21(4-6-24(27)20-40-12-14-41(15-13-40)29-8-5-22(19-38)18-28(29)37)16-23-7-9-30-33-25(23)2-1-3-26(33)35(45)42(30)31-10-11-32(43)39-34(31)44/h1-9,17-18,31H,10-16,20H2,(H,39,43,44). The molecule has 4 aromatic carbocycles. The highest BCUT2D eigenvalue weighted by molar-refractivity contribution is 6.27. The van der Waals surface area contributed by atoms with Crippen LogP contribution in [0.5, 0.6) is 0 Å². The van der Waals surface area contributed by atoms with Crippen LogP contribution in [0, 0.1) is 23.0 Å². The van der Waals surface area contributed by atoms with Crippen LogP contribution in [0.15, 0.2) is 66.7 Å². The number of rotatable bonds is 6. The Hall–Kier alpha value is -5.14. The predicted molar refractivity (Wildman–Crippen MR) is 165 cm³/mol. The van der Waals surface area contributed by atoms with Crippen LogP contribution in [0.25, 0.3) is 10.8 Å². The molecule has 0 spiro atoms. The zero-order valence-electron chi connectivity index (χ0n) is 24.4. The van der Waals surface area contributed by atoms with E-state index in [0.29, 0.717) is 61.6 Å². The van der Waals surface area contributed by atoms with Crippen molar-refractivity contribution in [2.75, 3.05) is 36.0 Å². The van der Waals surface area contributed by atoms with E-state index in [-0.39, 0.29) is 36.0 Å². The molecular weight excluding hydrogens is 576 g/mol. The molecule has 10 heteroatoms. The van der Waals surface area contributed by atoms with Crippen LogP contribution >= 0.6 is 0 Å². The molecular formula is C35H29F2N5O3. The number of benzene rings is 4. The number of hydrogen-bond donors (Lipinski definition) is 1. The largest absolute Gasteiger partial charge is 0.367 e. The molecule has 7 rings (SSSR count). The van der Waals surface area contributed by atoms with Crippen LogP contribution in [-0.4, -0.2) is 54.8 Å². The Balaban J connectivity index is 1.05. The highest BCUT2D eigenvalue weighted by atomic mass is 19.1. The molecule has 2 fully saturated rings. The first-order valence-corrected chi connectivity index (χ1v) is 15.0. The van der Waals surface area contributed by atoms with Gasteiger partial charge in [0.2, 0.25) is 11.8 Å². The average molecular weight is 606 g/mol. The topological polar surface area (TPSA) is 96.8 Å². The molecule has 0 radical (unpaired) electrons. The lowest BCUT2D eigenvalue weighted by Gasteiger charge is -2.36. The van der Waals surface area contributed by atoms with Crippen molar-refractivity contribution in [2.45, 2.75) is 31.8 Å². The summed E-state index contributed by atoms with van der Waals surface area (Å²) < 4.78 is 29.9. The van der Waals surface area contributed by atoms with Gasteiger partial charge in [-0.25, -0.2) is 8.78 Å². The fraction of sp³-hybridized carbons (Fsp3) is 0.257.